The van der Waals surface area contributed by atoms with Crippen LogP contribution in [0.5, 0.6) is 5.88 Å². The fourth-order valence-electron chi connectivity index (χ4n) is 2.24. The molecule has 0 unspecified atom stereocenters. The highest BCUT2D eigenvalue weighted by molar-refractivity contribution is 5.75. The summed E-state index contributed by atoms with van der Waals surface area (Å²) in [5.41, 5.74) is 2.91. The van der Waals surface area contributed by atoms with E-state index >= 15 is 0 Å². The van der Waals surface area contributed by atoms with E-state index in [1.807, 2.05) is 52.1 Å². The van der Waals surface area contributed by atoms with Crippen molar-refractivity contribution in [2.24, 2.45) is 5.41 Å². The molecule has 0 radical (unpaired) electrons. The van der Waals surface area contributed by atoms with Gasteiger partial charge in [0.15, 0.2) is 5.65 Å². The molecule has 0 atom stereocenters. The van der Waals surface area contributed by atoms with Gasteiger partial charge in [0.2, 0.25) is 12.7 Å². The third-order valence-electron chi connectivity index (χ3n) is 3.49. The van der Waals surface area contributed by atoms with E-state index in [4.69, 9.17) is 9.47 Å². The maximum Gasteiger partial charge on any atom is 0.314 e. The van der Waals surface area contributed by atoms with Crippen molar-refractivity contribution < 1.29 is 14.3 Å². The van der Waals surface area contributed by atoms with E-state index in [1.54, 1.807) is 0 Å². The Kier molecular flexibility index (Phi) is 4.92. The van der Waals surface area contributed by atoms with Gasteiger partial charge in [-0.2, -0.15) is 0 Å². The Morgan fingerprint density at radius 1 is 1.17 bits per heavy atom. The van der Waals surface area contributed by atoms with Gasteiger partial charge in [0.25, 0.3) is 0 Å². The van der Waals surface area contributed by atoms with Crippen molar-refractivity contribution in [3.05, 3.63) is 23.3 Å². The van der Waals surface area contributed by atoms with Crippen molar-refractivity contribution in [3.63, 3.8) is 0 Å². The van der Waals surface area contributed by atoms with Crippen molar-refractivity contribution in [1.29, 1.82) is 0 Å². The van der Waals surface area contributed by atoms with E-state index in [1.165, 1.54) is 0 Å². The predicted octanol–water partition coefficient (Wildman–Crippen LogP) is 3.09. The Morgan fingerprint density at radius 2 is 1.83 bits per heavy atom. The molecule has 0 aliphatic rings. The van der Waals surface area contributed by atoms with Crippen LogP contribution < -0.4 is 4.74 Å². The van der Waals surface area contributed by atoms with E-state index in [9.17, 15) is 4.79 Å². The van der Waals surface area contributed by atoms with Crippen LogP contribution in [0.4, 0.5) is 0 Å². The number of fused-ring (bicyclic) bond motifs is 1. The lowest BCUT2D eigenvalue weighted by Crippen LogP contribution is -2.24. The number of hydrogen-bond acceptors (Lipinski definition) is 5. The van der Waals surface area contributed by atoms with Crippen molar-refractivity contribution >= 4 is 11.6 Å². The van der Waals surface area contributed by atoms with Gasteiger partial charge in [0.1, 0.15) is 5.69 Å². The lowest BCUT2D eigenvalue weighted by atomic mass is 9.98. The van der Waals surface area contributed by atoms with Gasteiger partial charge in [0.05, 0.1) is 16.8 Å². The van der Waals surface area contributed by atoms with Crippen molar-refractivity contribution in [2.75, 3.05) is 6.79 Å². The standard InChI is InChI=1S/C17H25N3O3/c1-7-12-14-19-13(8-2)15(20(14)9-11(3)18-12)22-10-23-16(21)17(4,5)6/h9H,7-8,10H2,1-6H3. The average Bonchev–Trinajstić information content (AvgIpc) is 2.83. The van der Waals surface area contributed by atoms with Gasteiger partial charge in [-0.15, -0.1) is 0 Å². The smallest absolute Gasteiger partial charge is 0.314 e. The highest BCUT2D eigenvalue weighted by Crippen LogP contribution is 2.24. The van der Waals surface area contributed by atoms with Crippen LogP contribution in [0.1, 0.15) is 51.7 Å². The van der Waals surface area contributed by atoms with Gasteiger partial charge in [-0.3, -0.25) is 14.2 Å². The van der Waals surface area contributed by atoms with Gasteiger partial charge in [-0.05, 0) is 40.5 Å². The molecule has 6 heteroatoms. The van der Waals surface area contributed by atoms with Crippen LogP contribution >= 0.6 is 0 Å². The Morgan fingerprint density at radius 3 is 2.39 bits per heavy atom. The Bertz CT molecular complexity index is 714. The molecule has 23 heavy (non-hydrogen) atoms. The van der Waals surface area contributed by atoms with E-state index in [0.717, 1.165) is 35.6 Å². The molecule has 0 bridgehead atoms. The fraction of sp³-hybridized carbons (Fsp3) is 0.588. The molecule has 0 aliphatic heterocycles. The zero-order valence-corrected chi connectivity index (χ0v) is 14.8. The number of aryl methyl sites for hydroxylation is 3. The van der Waals surface area contributed by atoms with Gasteiger partial charge >= 0.3 is 5.97 Å². The van der Waals surface area contributed by atoms with Crippen molar-refractivity contribution in [3.8, 4) is 5.88 Å². The number of nitrogens with zero attached hydrogens (tertiary/aromatic N) is 3. The van der Waals surface area contributed by atoms with E-state index in [-0.39, 0.29) is 12.8 Å². The maximum absolute atomic E-state index is 11.8. The number of carbonyl (C=O) groups is 1. The molecule has 0 aliphatic carbocycles. The molecule has 2 heterocycles. The molecule has 0 amide bonds. The third-order valence-corrected chi connectivity index (χ3v) is 3.49. The Hall–Kier alpha value is -2.11. The first-order chi connectivity index (χ1) is 10.8. The number of hydrogen-bond donors (Lipinski definition) is 0. The predicted molar refractivity (Wildman–Crippen MR) is 87.5 cm³/mol. The second kappa shape index (κ2) is 6.56. The summed E-state index contributed by atoms with van der Waals surface area (Å²) in [4.78, 5) is 21.0. The summed E-state index contributed by atoms with van der Waals surface area (Å²) in [5, 5.41) is 0. The molecule has 2 aromatic heterocycles. The number of esters is 1. The molecule has 0 aromatic carbocycles. The first-order valence-electron chi connectivity index (χ1n) is 7.95. The number of aromatic nitrogens is 3. The Labute approximate surface area is 136 Å². The van der Waals surface area contributed by atoms with Crippen molar-refractivity contribution in [1.82, 2.24) is 14.4 Å². The van der Waals surface area contributed by atoms with Gasteiger partial charge < -0.3 is 9.47 Å². The van der Waals surface area contributed by atoms with Crippen LogP contribution in [0.2, 0.25) is 0 Å². The number of carbonyl (C=O) groups excluding carboxylic acids is 1. The second-order valence-corrected chi connectivity index (χ2v) is 6.54. The highest BCUT2D eigenvalue weighted by atomic mass is 16.7. The molecule has 126 valence electrons. The van der Waals surface area contributed by atoms with Crippen LogP contribution in [-0.4, -0.2) is 27.1 Å². The molecule has 0 saturated heterocycles. The molecule has 6 nitrogen and oxygen atoms in total. The quantitative estimate of drug-likeness (QED) is 0.626. The van der Waals surface area contributed by atoms with Gasteiger partial charge in [-0.1, -0.05) is 13.8 Å². The monoisotopic (exact) mass is 319 g/mol. The molecular weight excluding hydrogens is 294 g/mol. The first-order valence-corrected chi connectivity index (χ1v) is 7.95. The normalized spacial score (nSPS) is 11.7. The molecular formula is C17H25N3O3. The minimum atomic E-state index is -0.549. The minimum absolute atomic E-state index is 0.125. The lowest BCUT2D eigenvalue weighted by molar-refractivity contribution is -0.159. The number of imidazole rings is 1. The van der Waals surface area contributed by atoms with E-state index in [2.05, 4.69) is 9.97 Å². The minimum Gasteiger partial charge on any atom is -0.440 e. The van der Waals surface area contributed by atoms with Crippen molar-refractivity contribution in [2.45, 2.75) is 54.4 Å². The van der Waals surface area contributed by atoms with Gasteiger partial charge in [0, 0.05) is 6.20 Å². The Balaban J connectivity index is 2.29. The third kappa shape index (κ3) is 3.63. The summed E-state index contributed by atoms with van der Waals surface area (Å²) < 4.78 is 12.8. The molecule has 0 saturated carbocycles. The highest BCUT2D eigenvalue weighted by Gasteiger charge is 2.23. The van der Waals surface area contributed by atoms with Crippen LogP contribution in [0.3, 0.4) is 0 Å². The fourth-order valence-corrected chi connectivity index (χ4v) is 2.24. The largest absolute Gasteiger partial charge is 0.440 e. The number of ether oxygens (including phenoxy) is 2. The summed E-state index contributed by atoms with van der Waals surface area (Å²) >= 11 is 0. The zero-order valence-electron chi connectivity index (χ0n) is 14.8. The SMILES string of the molecule is CCc1nc2c(CC)nc(C)cn2c1OCOC(=O)C(C)(C)C. The first kappa shape index (κ1) is 17.2. The summed E-state index contributed by atoms with van der Waals surface area (Å²) in [6.07, 6.45) is 3.41. The van der Waals surface area contributed by atoms with E-state index in [0.29, 0.717) is 5.88 Å². The summed E-state index contributed by atoms with van der Waals surface area (Å²) in [7, 11) is 0. The summed E-state index contributed by atoms with van der Waals surface area (Å²) in [6.45, 7) is 11.3. The maximum atomic E-state index is 11.8. The molecule has 0 fully saturated rings. The summed E-state index contributed by atoms with van der Waals surface area (Å²) in [6, 6.07) is 0. The molecule has 2 rings (SSSR count). The number of rotatable bonds is 5. The van der Waals surface area contributed by atoms with Gasteiger partial charge in [-0.25, -0.2) is 4.98 Å². The molecule has 0 spiro atoms. The van der Waals surface area contributed by atoms with E-state index < -0.39 is 5.41 Å². The second-order valence-electron chi connectivity index (χ2n) is 6.54. The zero-order chi connectivity index (χ0) is 17.2. The van der Waals surface area contributed by atoms with Crippen LogP contribution in [-0.2, 0) is 22.4 Å². The van der Waals surface area contributed by atoms with Crippen LogP contribution in [0, 0.1) is 12.3 Å². The average molecular weight is 319 g/mol. The topological polar surface area (TPSA) is 65.7 Å². The lowest BCUT2D eigenvalue weighted by Gasteiger charge is -2.16. The molecule has 2 aromatic rings. The van der Waals surface area contributed by atoms with Crippen LogP contribution in [0.15, 0.2) is 6.20 Å². The van der Waals surface area contributed by atoms with Crippen LogP contribution in [0.25, 0.3) is 5.65 Å². The summed E-state index contributed by atoms with van der Waals surface area (Å²) in [5.74, 6) is 0.320. The molecule has 0 N–H and O–H groups in total.